The highest BCUT2D eigenvalue weighted by Crippen LogP contribution is 2.29. The van der Waals surface area contributed by atoms with Crippen LogP contribution < -0.4 is 10.0 Å². The van der Waals surface area contributed by atoms with Crippen LogP contribution >= 0.6 is 11.8 Å². The van der Waals surface area contributed by atoms with E-state index in [9.17, 15) is 8.42 Å². The molecule has 1 saturated heterocycles. The van der Waals surface area contributed by atoms with Crippen LogP contribution in [-0.2, 0) is 10.2 Å². The fourth-order valence-corrected chi connectivity index (χ4v) is 4.25. The SMILES string of the molecule is CCC(CC)(CNS(=O)(=O)N1CCNCC1)SC. The molecule has 1 rings (SSSR count). The zero-order valence-electron chi connectivity index (χ0n) is 11.5. The molecule has 7 heteroatoms. The van der Waals surface area contributed by atoms with E-state index in [-0.39, 0.29) is 4.75 Å². The van der Waals surface area contributed by atoms with Crippen molar-refractivity contribution in [2.24, 2.45) is 0 Å². The van der Waals surface area contributed by atoms with Crippen molar-refractivity contribution < 1.29 is 8.42 Å². The van der Waals surface area contributed by atoms with Crippen molar-refractivity contribution in [2.75, 3.05) is 39.0 Å². The van der Waals surface area contributed by atoms with Crippen LogP contribution in [0.25, 0.3) is 0 Å². The first-order valence-corrected chi connectivity index (χ1v) is 9.17. The third-order valence-corrected chi connectivity index (χ3v) is 6.86. The summed E-state index contributed by atoms with van der Waals surface area (Å²) in [5.74, 6) is 0. The summed E-state index contributed by atoms with van der Waals surface area (Å²) < 4.78 is 28.6. The smallest absolute Gasteiger partial charge is 0.279 e. The highest BCUT2D eigenvalue weighted by atomic mass is 32.2. The van der Waals surface area contributed by atoms with Crippen LogP contribution in [-0.4, -0.2) is 56.4 Å². The largest absolute Gasteiger partial charge is 0.314 e. The van der Waals surface area contributed by atoms with Crippen molar-refractivity contribution in [2.45, 2.75) is 31.4 Å². The molecule has 1 heterocycles. The summed E-state index contributed by atoms with van der Waals surface area (Å²) in [5.41, 5.74) is 0. The number of hydrogen-bond acceptors (Lipinski definition) is 4. The van der Waals surface area contributed by atoms with Gasteiger partial charge < -0.3 is 5.32 Å². The van der Waals surface area contributed by atoms with Crippen molar-refractivity contribution in [3.8, 4) is 0 Å². The summed E-state index contributed by atoms with van der Waals surface area (Å²) in [5, 5.41) is 3.15. The van der Waals surface area contributed by atoms with E-state index in [2.05, 4.69) is 23.9 Å². The fraction of sp³-hybridized carbons (Fsp3) is 1.00. The number of rotatable bonds is 7. The van der Waals surface area contributed by atoms with E-state index in [0.29, 0.717) is 19.6 Å². The van der Waals surface area contributed by atoms with Crippen molar-refractivity contribution in [1.29, 1.82) is 0 Å². The quantitative estimate of drug-likeness (QED) is 0.724. The molecule has 0 amide bonds. The Morgan fingerprint density at radius 3 is 2.28 bits per heavy atom. The molecule has 0 bridgehead atoms. The van der Waals surface area contributed by atoms with Gasteiger partial charge in [-0.05, 0) is 19.1 Å². The van der Waals surface area contributed by atoms with Crippen LogP contribution in [0.2, 0.25) is 0 Å². The van der Waals surface area contributed by atoms with Gasteiger partial charge >= 0.3 is 0 Å². The van der Waals surface area contributed by atoms with Gasteiger partial charge in [-0.25, -0.2) is 4.72 Å². The van der Waals surface area contributed by atoms with Crippen molar-refractivity contribution in [3.05, 3.63) is 0 Å². The van der Waals surface area contributed by atoms with Gasteiger partial charge in [-0.15, -0.1) is 0 Å². The van der Waals surface area contributed by atoms with E-state index in [4.69, 9.17) is 0 Å². The normalized spacial score (nSPS) is 19.1. The third-order valence-electron chi connectivity index (χ3n) is 3.71. The van der Waals surface area contributed by atoms with E-state index < -0.39 is 10.2 Å². The standard InChI is InChI=1S/C11H25N3O2S2/c1-4-11(5-2,17-3)10-13-18(15,16)14-8-6-12-7-9-14/h12-13H,4-10H2,1-3H3. The Hall–Kier alpha value is 0.180. The molecule has 0 saturated carbocycles. The molecule has 0 aromatic rings. The average Bonchev–Trinajstić information content (AvgIpc) is 2.42. The Morgan fingerprint density at radius 2 is 1.83 bits per heavy atom. The van der Waals surface area contributed by atoms with Crippen molar-refractivity contribution in [3.63, 3.8) is 0 Å². The molecular weight excluding hydrogens is 270 g/mol. The Labute approximate surface area is 115 Å². The maximum Gasteiger partial charge on any atom is 0.279 e. The van der Waals surface area contributed by atoms with E-state index in [1.807, 2.05) is 6.26 Å². The van der Waals surface area contributed by atoms with E-state index in [0.717, 1.165) is 25.9 Å². The Morgan fingerprint density at radius 1 is 1.28 bits per heavy atom. The molecule has 0 unspecified atom stereocenters. The summed E-state index contributed by atoms with van der Waals surface area (Å²) >= 11 is 1.75. The van der Waals surface area contributed by atoms with Gasteiger partial charge in [0.25, 0.3) is 10.2 Å². The first-order valence-electron chi connectivity index (χ1n) is 6.50. The summed E-state index contributed by atoms with van der Waals surface area (Å²) in [6.07, 6.45) is 3.98. The molecule has 0 aromatic carbocycles. The van der Waals surface area contributed by atoms with Crippen LogP contribution in [0.15, 0.2) is 0 Å². The zero-order chi connectivity index (χ0) is 13.6. The molecule has 0 aromatic heterocycles. The lowest BCUT2D eigenvalue weighted by Crippen LogP contribution is -2.52. The molecule has 1 aliphatic rings. The highest BCUT2D eigenvalue weighted by molar-refractivity contribution is 8.00. The van der Waals surface area contributed by atoms with Gasteiger partial charge in [-0.3, -0.25) is 0 Å². The Kier molecular flexibility index (Phi) is 6.40. The first-order chi connectivity index (χ1) is 8.49. The molecule has 1 aliphatic heterocycles. The van der Waals surface area contributed by atoms with Gasteiger partial charge in [-0.2, -0.15) is 24.5 Å². The minimum Gasteiger partial charge on any atom is -0.314 e. The van der Waals surface area contributed by atoms with Gasteiger partial charge in [0.1, 0.15) is 0 Å². The summed E-state index contributed by atoms with van der Waals surface area (Å²) in [6.45, 7) is 7.30. The molecule has 5 nitrogen and oxygen atoms in total. The summed E-state index contributed by atoms with van der Waals surface area (Å²) in [4.78, 5) is 0. The van der Waals surface area contributed by atoms with Gasteiger partial charge in [0.15, 0.2) is 0 Å². The predicted molar refractivity (Wildman–Crippen MR) is 78.2 cm³/mol. The monoisotopic (exact) mass is 295 g/mol. The second kappa shape index (κ2) is 7.09. The summed E-state index contributed by atoms with van der Waals surface area (Å²) in [7, 11) is -3.32. The molecule has 2 N–H and O–H groups in total. The molecule has 18 heavy (non-hydrogen) atoms. The first kappa shape index (κ1) is 16.2. The molecule has 0 atom stereocenters. The molecule has 108 valence electrons. The van der Waals surface area contributed by atoms with Crippen LogP contribution in [0.3, 0.4) is 0 Å². The number of piperazine rings is 1. The number of nitrogens with one attached hydrogen (secondary N) is 2. The van der Waals surface area contributed by atoms with Crippen LogP contribution in [0, 0.1) is 0 Å². The molecule has 1 fully saturated rings. The van der Waals surface area contributed by atoms with Crippen molar-refractivity contribution >= 4 is 22.0 Å². The van der Waals surface area contributed by atoms with Crippen LogP contribution in [0.4, 0.5) is 0 Å². The van der Waals surface area contributed by atoms with Crippen LogP contribution in [0.5, 0.6) is 0 Å². The van der Waals surface area contributed by atoms with Gasteiger partial charge in [0.05, 0.1) is 0 Å². The molecule has 0 aliphatic carbocycles. The second-order valence-electron chi connectivity index (χ2n) is 4.57. The number of hydrogen-bond donors (Lipinski definition) is 2. The van der Waals surface area contributed by atoms with E-state index in [1.165, 1.54) is 4.31 Å². The maximum absolute atomic E-state index is 12.2. The second-order valence-corrected chi connectivity index (χ2v) is 7.60. The molecular formula is C11H25N3O2S2. The third kappa shape index (κ3) is 4.09. The fourth-order valence-electron chi connectivity index (χ4n) is 2.06. The van der Waals surface area contributed by atoms with Crippen LogP contribution in [0.1, 0.15) is 26.7 Å². The number of thioether (sulfide) groups is 1. The van der Waals surface area contributed by atoms with Crippen molar-refractivity contribution in [1.82, 2.24) is 14.3 Å². The topological polar surface area (TPSA) is 61.4 Å². The molecule has 0 spiro atoms. The lowest BCUT2D eigenvalue weighted by Gasteiger charge is -2.32. The Balaban J connectivity index is 2.59. The lowest BCUT2D eigenvalue weighted by atomic mass is 10.0. The minimum absolute atomic E-state index is 0.0150. The minimum atomic E-state index is -3.32. The maximum atomic E-state index is 12.2. The van der Waals surface area contributed by atoms with Gasteiger partial charge in [0.2, 0.25) is 0 Å². The number of nitrogens with zero attached hydrogens (tertiary/aromatic N) is 1. The van der Waals surface area contributed by atoms with E-state index >= 15 is 0 Å². The van der Waals surface area contributed by atoms with Gasteiger partial charge in [-0.1, -0.05) is 13.8 Å². The van der Waals surface area contributed by atoms with E-state index in [1.54, 1.807) is 11.8 Å². The molecule has 0 radical (unpaired) electrons. The summed E-state index contributed by atoms with van der Waals surface area (Å²) in [6, 6.07) is 0. The predicted octanol–water partition coefficient (Wildman–Crippen LogP) is 0.648. The zero-order valence-corrected chi connectivity index (χ0v) is 13.2. The van der Waals surface area contributed by atoms with Gasteiger partial charge in [0, 0.05) is 37.5 Å². The Bertz CT molecular complexity index is 328. The lowest BCUT2D eigenvalue weighted by molar-refractivity contribution is 0.352. The average molecular weight is 295 g/mol. The highest BCUT2D eigenvalue weighted by Gasteiger charge is 2.29.